The third kappa shape index (κ3) is 2.89. The topological polar surface area (TPSA) is 78.8 Å². The molecular formula is C14H21N5O. The average molecular weight is 275 g/mol. The second kappa shape index (κ2) is 5.90. The van der Waals surface area contributed by atoms with Gasteiger partial charge in [-0.25, -0.2) is 4.68 Å². The molecule has 20 heavy (non-hydrogen) atoms. The van der Waals surface area contributed by atoms with Gasteiger partial charge in [0, 0.05) is 17.3 Å². The van der Waals surface area contributed by atoms with E-state index >= 15 is 0 Å². The van der Waals surface area contributed by atoms with Crippen molar-refractivity contribution >= 4 is 5.69 Å². The van der Waals surface area contributed by atoms with E-state index in [-0.39, 0.29) is 6.04 Å². The Kier molecular flexibility index (Phi) is 4.22. The van der Waals surface area contributed by atoms with Crippen molar-refractivity contribution in [1.82, 2.24) is 20.2 Å². The number of ether oxygens (including phenoxy) is 1. The summed E-state index contributed by atoms with van der Waals surface area (Å²) in [5.74, 6) is 1.87. The standard InChI is InChI=1S/C14H21N5O/c1-5-20-13-7-11(6-12(15)8-13)14-16-17-18-19(14)10(4)9(2)3/h6-10H,5,15H2,1-4H3. The molecule has 0 bridgehead atoms. The lowest BCUT2D eigenvalue weighted by atomic mass is 10.1. The first-order valence-electron chi connectivity index (χ1n) is 6.84. The number of nitrogens with two attached hydrogens (primary N) is 1. The van der Waals surface area contributed by atoms with Crippen LogP contribution in [0, 0.1) is 5.92 Å². The normalized spacial score (nSPS) is 12.7. The van der Waals surface area contributed by atoms with Crippen molar-refractivity contribution in [2.45, 2.75) is 33.7 Å². The fourth-order valence-corrected chi connectivity index (χ4v) is 1.94. The molecule has 6 heteroatoms. The lowest BCUT2D eigenvalue weighted by Crippen LogP contribution is -2.14. The van der Waals surface area contributed by atoms with Gasteiger partial charge in [0.25, 0.3) is 0 Å². The van der Waals surface area contributed by atoms with Crippen LogP contribution in [0.25, 0.3) is 11.4 Å². The summed E-state index contributed by atoms with van der Waals surface area (Å²) in [5.41, 5.74) is 7.43. The molecule has 2 N–H and O–H groups in total. The molecule has 0 fully saturated rings. The van der Waals surface area contributed by atoms with Crippen LogP contribution in [0.2, 0.25) is 0 Å². The van der Waals surface area contributed by atoms with Crippen molar-refractivity contribution in [3.8, 4) is 17.1 Å². The number of benzene rings is 1. The van der Waals surface area contributed by atoms with Crippen molar-refractivity contribution in [2.24, 2.45) is 5.92 Å². The second-order valence-electron chi connectivity index (χ2n) is 5.16. The molecule has 1 aromatic heterocycles. The van der Waals surface area contributed by atoms with Crippen molar-refractivity contribution in [1.29, 1.82) is 0 Å². The highest BCUT2D eigenvalue weighted by atomic mass is 16.5. The zero-order chi connectivity index (χ0) is 14.7. The van der Waals surface area contributed by atoms with Gasteiger partial charge in [-0.1, -0.05) is 13.8 Å². The Morgan fingerprint density at radius 1 is 1.25 bits per heavy atom. The molecule has 2 aromatic rings. The molecular weight excluding hydrogens is 254 g/mol. The van der Waals surface area contributed by atoms with Gasteiger partial charge >= 0.3 is 0 Å². The van der Waals surface area contributed by atoms with E-state index in [1.807, 2.05) is 23.7 Å². The van der Waals surface area contributed by atoms with Crippen molar-refractivity contribution < 1.29 is 4.74 Å². The van der Waals surface area contributed by atoms with Crippen LogP contribution in [0.5, 0.6) is 5.75 Å². The van der Waals surface area contributed by atoms with Gasteiger partial charge in [0.05, 0.1) is 12.6 Å². The maximum atomic E-state index is 5.92. The molecule has 6 nitrogen and oxygen atoms in total. The first-order valence-corrected chi connectivity index (χ1v) is 6.84. The van der Waals surface area contributed by atoms with Gasteiger partial charge in [-0.2, -0.15) is 0 Å². The van der Waals surface area contributed by atoms with E-state index in [1.165, 1.54) is 0 Å². The lowest BCUT2D eigenvalue weighted by molar-refractivity contribution is 0.340. The molecule has 0 amide bonds. The lowest BCUT2D eigenvalue weighted by Gasteiger charge is -2.17. The van der Waals surface area contributed by atoms with Gasteiger partial charge in [-0.3, -0.25) is 0 Å². The number of rotatable bonds is 5. The minimum atomic E-state index is 0.206. The Morgan fingerprint density at radius 2 is 2.00 bits per heavy atom. The van der Waals surface area contributed by atoms with Gasteiger partial charge in [-0.15, -0.1) is 5.10 Å². The van der Waals surface area contributed by atoms with Crippen LogP contribution in [0.1, 0.15) is 33.7 Å². The molecule has 108 valence electrons. The summed E-state index contributed by atoms with van der Waals surface area (Å²) >= 11 is 0. The summed E-state index contributed by atoms with van der Waals surface area (Å²) in [6.07, 6.45) is 0. The molecule has 1 atom stereocenters. The number of aromatic nitrogens is 4. The first kappa shape index (κ1) is 14.3. The fraction of sp³-hybridized carbons (Fsp3) is 0.500. The van der Waals surface area contributed by atoms with Crippen molar-refractivity contribution in [2.75, 3.05) is 12.3 Å². The van der Waals surface area contributed by atoms with Crippen LogP contribution in [-0.4, -0.2) is 26.8 Å². The number of nitrogens with zero attached hydrogens (tertiary/aromatic N) is 4. The van der Waals surface area contributed by atoms with Crippen molar-refractivity contribution in [3.05, 3.63) is 18.2 Å². The summed E-state index contributed by atoms with van der Waals surface area (Å²) in [4.78, 5) is 0. The van der Waals surface area contributed by atoms with E-state index in [2.05, 4.69) is 36.3 Å². The third-order valence-electron chi connectivity index (χ3n) is 3.34. The molecule has 2 rings (SSSR count). The smallest absolute Gasteiger partial charge is 0.182 e. The molecule has 0 aliphatic carbocycles. The predicted molar refractivity (Wildman–Crippen MR) is 78.4 cm³/mol. The molecule has 0 aliphatic rings. The third-order valence-corrected chi connectivity index (χ3v) is 3.34. The SMILES string of the molecule is CCOc1cc(N)cc(-c2nnnn2C(C)C(C)C)c1. The number of hydrogen-bond donors (Lipinski definition) is 1. The molecule has 0 radical (unpaired) electrons. The van der Waals surface area contributed by atoms with Gasteiger partial charge in [0.1, 0.15) is 5.75 Å². The minimum absolute atomic E-state index is 0.206. The molecule has 0 spiro atoms. The van der Waals surface area contributed by atoms with Gasteiger partial charge < -0.3 is 10.5 Å². The Balaban J connectivity index is 2.44. The molecule has 1 aromatic carbocycles. The van der Waals surface area contributed by atoms with E-state index in [4.69, 9.17) is 10.5 Å². The van der Waals surface area contributed by atoms with Gasteiger partial charge in [0.2, 0.25) is 0 Å². The maximum Gasteiger partial charge on any atom is 0.182 e. The highest BCUT2D eigenvalue weighted by Crippen LogP contribution is 2.28. The second-order valence-corrected chi connectivity index (χ2v) is 5.16. The summed E-state index contributed by atoms with van der Waals surface area (Å²) < 4.78 is 7.34. The van der Waals surface area contributed by atoms with Gasteiger partial charge in [-0.05, 0) is 42.3 Å². The zero-order valence-corrected chi connectivity index (χ0v) is 12.4. The van der Waals surface area contributed by atoms with Crippen LogP contribution >= 0.6 is 0 Å². The van der Waals surface area contributed by atoms with Crippen LogP contribution < -0.4 is 10.5 Å². The molecule has 0 saturated heterocycles. The van der Waals surface area contributed by atoms with Crippen molar-refractivity contribution in [3.63, 3.8) is 0 Å². The fourth-order valence-electron chi connectivity index (χ4n) is 1.94. The largest absolute Gasteiger partial charge is 0.494 e. The summed E-state index contributed by atoms with van der Waals surface area (Å²) in [5, 5.41) is 12.0. The predicted octanol–water partition coefficient (Wildman–Crippen LogP) is 2.54. The monoisotopic (exact) mass is 275 g/mol. The summed E-state index contributed by atoms with van der Waals surface area (Å²) in [7, 11) is 0. The Bertz CT molecular complexity index is 579. The maximum absolute atomic E-state index is 5.92. The first-order chi connectivity index (χ1) is 9.52. The van der Waals surface area contributed by atoms with E-state index in [0.29, 0.717) is 24.0 Å². The van der Waals surface area contributed by atoms with E-state index in [1.54, 1.807) is 6.07 Å². The summed E-state index contributed by atoms with van der Waals surface area (Å²) in [6, 6.07) is 5.77. The zero-order valence-electron chi connectivity index (χ0n) is 12.4. The molecule has 0 saturated carbocycles. The average Bonchev–Trinajstić information content (AvgIpc) is 2.86. The molecule has 0 aliphatic heterocycles. The van der Waals surface area contributed by atoms with E-state index in [0.717, 1.165) is 11.3 Å². The minimum Gasteiger partial charge on any atom is -0.494 e. The Hall–Kier alpha value is -2.11. The Labute approximate surface area is 118 Å². The molecule has 1 unspecified atom stereocenters. The number of hydrogen-bond acceptors (Lipinski definition) is 5. The van der Waals surface area contributed by atoms with Crippen LogP contribution in [0.4, 0.5) is 5.69 Å². The molecule has 1 heterocycles. The number of anilines is 1. The Morgan fingerprint density at radius 3 is 2.65 bits per heavy atom. The van der Waals surface area contributed by atoms with Crippen LogP contribution in [0.15, 0.2) is 18.2 Å². The summed E-state index contributed by atoms with van der Waals surface area (Å²) in [6.45, 7) is 8.91. The van der Waals surface area contributed by atoms with Crippen LogP contribution in [0.3, 0.4) is 0 Å². The van der Waals surface area contributed by atoms with E-state index in [9.17, 15) is 0 Å². The number of nitrogen functional groups attached to an aromatic ring is 1. The quantitative estimate of drug-likeness (QED) is 0.848. The van der Waals surface area contributed by atoms with E-state index < -0.39 is 0 Å². The highest BCUT2D eigenvalue weighted by molar-refractivity contribution is 5.64. The van der Waals surface area contributed by atoms with Gasteiger partial charge in [0.15, 0.2) is 5.82 Å². The number of tetrazole rings is 1. The van der Waals surface area contributed by atoms with Crippen LogP contribution in [-0.2, 0) is 0 Å². The highest BCUT2D eigenvalue weighted by Gasteiger charge is 2.18.